The van der Waals surface area contributed by atoms with Crippen molar-refractivity contribution in [3.63, 3.8) is 0 Å². The van der Waals surface area contributed by atoms with Crippen LogP contribution in [0.3, 0.4) is 0 Å². The second kappa shape index (κ2) is 6.80. The van der Waals surface area contributed by atoms with Crippen LogP contribution in [0.5, 0.6) is 0 Å². The summed E-state index contributed by atoms with van der Waals surface area (Å²) in [5, 5.41) is 11.8. The predicted octanol–water partition coefficient (Wildman–Crippen LogP) is 2.25. The second-order valence-electron chi connectivity index (χ2n) is 5.06. The molecule has 0 aliphatic heterocycles. The third kappa shape index (κ3) is 4.08. The van der Waals surface area contributed by atoms with Crippen LogP contribution in [-0.2, 0) is 21.4 Å². The first-order valence-electron chi connectivity index (χ1n) is 6.93. The van der Waals surface area contributed by atoms with Crippen LogP contribution in [-0.4, -0.2) is 19.4 Å². The molecule has 0 saturated carbocycles. The normalized spacial score (nSPS) is 11.1. The number of aliphatic hydroxyl groups is 1. The van der Waals surface area contributed by atoms with Crippen LogP contribution < -0.4 is 10.0 Å². The Balaban J connectivity index is 2.27. The van der Waals surface area contributed by atoms with Gasteiger partial charge in [0.15, 0.2) is 0 Å². The molecule has 122 valence electrons. The summed E-state index contributed by atoms with van der Waals surface area (Å²) in [6.45, 7) is 2.96. The minimum atomic E-state index is -3.75. The first kappa shape index (κ1) is 17.0. The van der Waals surface area contributed by atoms with Gasteiger partial charge in [0.1, 0.15) is 0 Å². The fraction of sp³-hybridized carbons (Fsp3) is 0.188. The minimum Gasteiger partial charge on any atom is -0.392 e. The Kier molecular flexibility index (Phi) is 5.02. The Labute approximate surface area is 135 Å². The van der Waals surface area contributed by atoms with Crippen molar-refractivity contribution in [3.8, 4) is 0 Å². The topological polar surface area (TPSA) is 95.5 Å². The number of aliphatic hydroxyl groups excluding tert-OH is 1. The van der Waals surface area contributed by atoms with Crippen molar-refractivity contribution in [3.05, 3.63) is 53.6 Å². The van der Waals surface area contributed by atoms with Crippen molar-refractivity contribution in [2.24, 2.45) is 0 Å². The highest BCUT2D eigenvalue weighted by Gasteiger charge is 2.16. The minimum absolute atomic E-state index is 0.0837. The third-order valence-electron chi connectivity index (χ3n) is 3.35. The number of anilines is 2. The number of sulfonamides is 1. The molecule has 0 aliphatic rings. The van der Waals surface area contributed by atoms with Crippen LogP contribution in [0.2, 0.25) is 0 Å². The number of carbonyl (C=O) groups excluding carboxylic acids is 1. The highest BCUT2D eigenvalue weighted by Crippen LogP contribution is 2.23. The molecule has 0 unspecified atom stereocenters. The molecule has 2 aromatic rings. The summed E-state index contributed by atoms with van der Waals surface area (Å²) >= 11 is 0. The Morgan fingerprint density at radius 3 is 2.35 bits per heavy atom. The first-order valence-corrected chi connectivity index (χ1v) is 8.41. The van der Waals surface area contributed by atoms with Crippen molar-refractivity contribution in [1.82, 2.24) is 0 Å². The van der Waals surface area contributed by atoms with E-state index in [0.29, 0.717) is 22.5 Å². The van der Waals surface area contributed by atoms with Gasteiger partial charge in [-0.1, -0.05) is 12.1 Å². The lowest BCUT2D eigenvalue weighted by atomic mass is 10.1. The molecule has 1 amide bonds. The molecular weight excluding hydrogens is 316 g/mol. The molecule has 3 N–H and O–H groups in total. The van der Waals surface area contributed by atoms with Crippen LogP contribution in [0, 0.1) is 6.92 Å². The number of hydrogen-bond acceptors (Lipinski definition) is 4. The highest BCUT2D eigenvalue weighted by molar-refractivity contribution is 7.92. The Bertz CT molecular complexity index is 814. The summed E-state index contributed by atoms with van der Waals surface area (Å²) in [6, 6.07) is 10.9. The molecule has 6 nitrogen and oxygen atoms in total. The van der Waals surface area contributed by atoms with E-state index in [1.165, 1.54) is 31.2 Å². The number of carbonyl (C=O) groups is 1. The van der Waals surface area contributed by atoms with Gasteiger partial charge < -0.3 is 10.4 Å². The van der Waals surface area contributed by atoms with Gasteiger partial charge in [0.05, 0.1) is 17.2 Å². The average Bonchev–Trinajstić information content (AvgIpc) is 2.49. The molecule has 23 heavy (non-hydrogen) atoms. The number of amides is 1. The van der Waals surface area contributed by atoms with Crippen molar-refractivity contribution in [2.75, 3.05) is 10.0 Å². The zero-order chi connectivity index (χ0) is 17.0. The number of hydrogen-bond donors (Lipinski definition) is 3. The molecule has 0 aromatic heterocycles. The molecule has 0 bridgehead atoms. The molecule has 0 fully saturated rings. The van der Waals surface area contributed by atoms with E-state index in [-0.39, 0.29) is 17.4 Å². The summed E-state index contributed by atoms with van der Waals surface area (Å²) < 4.78 is 27.4. The Morgan fingerprint density at radius 1 is 1.13 bits per heavy atom. The number of benzene rings is 2. The van der Waals surface area contributed by atoms with Crippen LogP contribution in [0.25, 0.3) is 0 Å². The lowest BCUT2D eigenvalue weighted by Gasteiger charge is -2.13. The van der Waals surface area contributed by atoms with E-state index in [1.54, 1.807) is 25.1 Å². The van der Waals surface area contributed by atoms with Crippen LogP contribution in [0.15, 0.2) is 47.4 Å². The van der Waals surface area contributed by atoms with Crippen LogP contribution >= 0.6 is 0 Å². The van der Waals surface area contributed by atoms with Gasteiger partial charge in [-0.3, -0.25) is 9.52 Å². The average molecular weight is 334 g/mol. The second-order valence-corrected chi connectivity index (χ2v) is 6.74. The summed E-state index contributed by atoms with van der Waals surface area (Å²) in [5.41, 5.74) is 2.28. The van der Waals surface area contributed by atoms with E-state index in [2.05, 4.69) is 10.0 Å². The standard InChI is InChI=1S/C16H18N2O4S/c1-11-13(10-19)4-3-5-16(11)18-23(21,22)15-8-6-14(7-9-15)17-12(2)20/h3-9,18-19H,10H2,1-2H3,(H,17,20). The van der Waals surface area contributed by atoms with Gasteiger partial charge in [-0.05, 0) is 48.4 Å². The lowest BCUT2D eigenvalue weighted by molar-refractivity contribution is -0.114. The fourth-order valence-electron chi connectivity index (χ4n) is 2.09. The largest absolute Gasteiger partial charge is 0.392 e. The summed E-state index contributed by atoms with van der Waals surface area (Å²) in [4.78, 5) is 11.1. The molecule has 2 aromatic carbocycles. The van der Waals surface area contributed by atoms with E-state index < -0.39 is 10.0 Å². The first-order chi connectivity index (χ1) is 10.8. The van der Waals surface area contributed by atoms with E-state index >= 15 is 0 Å². The quantitative estimate of drug-likeness (QED) is 0.781. The van der Waals surface area contributed by atoms with Gasteiger partial charge in [-0.2, -0.15) is 0 Å². The number of nitrogens with one attached hydrogen (secondary N) is 2. The smallest absolute Gasteiger partial charge is 0.261 e. The summed E-state index contributed by atoms with van der Waals surface area (Å²) in [5.74, 6) is -0.227. The molecule has 0 aliphatic carbocycles. The maximum absolute atomic E-state index is 12.4. The van der Waals surface area contributed by atoms with E-state index in [4.69, 9.17) is 0 Å². The molecule has 0 atom stereocenters. The van der Waals surface area contributed by atoms with Crippen LogP contribution in [0.1, 0.15) is 18.1 Å². The van der Waals surface area contributed by atoms with E-state index in [0.717, 1.165) is 0 Å². The van der Waals surface area contributed by atoms with Gasteiger partial charge >= 0.3 is 0 Å². The molecule has 2 rings (SSSR count). The van der Waals surface area contributed by atoms with Gasteiger partial charge in [0.25, 0.3) is 10.0 Å². The highest BCUT2D eigenvalue weighted by atomic mass is 32.2. The SMILES string of the molecule is CC(=O)Nc1ccc(S(=O)(=O)Nc2cccc(CO)c2C)cc1. The zero-order valence-electron chi connectivity index (χ0n) is 12.8. The van der Waals surface area contributed by atoms with Crippen molar-refractivity contribution < 1.29 is 18.3 Å². The summed E-state index contributed by atoms with van der Waals surface area (Å²) in [6.07, 6.45) is 0. The zero-order valence-corrected chi connectivity index (χ0v) is 13.6. The molecule has 0 radical (unpaired) electrons. The van der Waals surface area contributed by atoms with Crippen molar-refractivity contribution in [1.29, 1.82) is 0 Å². The van der Waals surface area contributed by atoms with Gasteiger partial charge in [-0.25, -0.2) is 8.42 Å². The lowest BCUT2D eigenvalue weighted by Crippen LogP contribution is -2.14. The third-order valence-corrected chi connectivity index (χ3v) is 4.73. The summed E-state index contributed by atoms with van der Waals surface area (Å²) in [7, 11) is -3.75. The molecule has 0 heterocycles. The molecular formula is C16H18N2O4S. The van der Waals surface area contributed by atoms with Crippen molar-refractivity contribution in [2.45, 2.75) is 25.3 Å². The maximum atomic E-state index is 12.4. The molecule has 0 spiro atoms. The van der Waals surface area contributed by atoms with Gasteiger partial charge in [0, 0.05) is 12.6 Å². The Morgan fingerprint density at radius 2 is 1.78 bits per heavy atom. The van der Waals surface area contributed by atoms with Crippen LogP contribution in [0.4, 0.5) is 11.4 Å². The van der Waals surface area contributed by atoms with Crippen molar-refractivity contribution >= 4 is 27.3 Å². The number of rotatable bonds is 5. The maximum Gasteiger partial charge on any atom is 0.261 e. The Hall–Kier alpha value is -2.38. The molecule has 7 heteroatoms. The van der Waals surface area contributed by atoms with E-state index in [9.17, 15) is 18.3 Å². The van der Waals surface area contributed by atoms with Gasteiger partial charge in [0.2, 0.25) is 5.91 Å². The van der Waals surface area contributed by atoms with Gasteiger partial charge in [-0.15, -0.1) is 0 Å². The monoisotopic (exact) mass is 334 g/mol. The molecule has 0 saturated heterocycles. The predicted molar refractivity (Wildman–Crippen MR) is 88.7 cm³/mol. The van der Waals surface area contributed by atoms with E-state index in [1.807, 2.05) is 0 Å². The fourth-order valence-corrected chi connectivity index (χ4v) is 3.21.